The molecule has 0 amide bonds. The lowest BCUT2D eigenvalue weighted by Crippen LogP contribution is -2.25. The summed E-state index contributed by atoms with van der Waals surface area (Å²) in [6, 6.07) is 2.17. The molecule has 0 aliphatic carbocycles. The largest absolute Gasteiger partial charge is 0.465 e. The molecular weight excluding hydrogens is 366 g/mol. The lowest BCUT2D eigenvalue weighted by molar-refractivity contribution is -0.143. The molecule has 0 spiro atoms. The SMILES string of the molecule is COCC(C)(S)CCC(=O)OCCSSC(C)(CCC#N)COC. The van der Waals surface area contributed by atoms with Crippen LogP contribution in [0.2, 0.25) is 0 Å². The van der Waals surface area contributed by atoms with E-state index in [1.807, 2.05) is 6.92 Å². The van der Waals surface area contributed by atoms with Gasteiger partial charge in [-0.25, -0.2) is 0 Å². The van der Waals surface area contributed by atoms with Crippen molar-refractivity contribution < 1.29 is 19.0 Å². The van der Waals surface area contributed by atoms with Gasteiger partial charge in [0.15, 0.2) is 0 Å². The lowest BCUT2D eigenvalue weighted by atomic mass is 10.1. The highest BCUT2D eigenvalue weighted by atomic mass is 33.1. The van der Waals surface area contributed by atoms with Crippen molar-refractivity contribution in [1.29, 1.82) is 5.26 Å². The Morgan fingerprint density at radius 2 is 1.88 bits per heavy atom. The van der Waals surface area contributed by atoms with Crippen LogP contribution in [0.25, 0.3) is 0 Å². The number of rotatable bonds is 14. The van der Waals surface area contributed by atoms with E-state index in [1.165, 1.54) is 0 Å². The molecule has 0 rings (SSSR count). The van der Waals surface area contributed by atoms with E-state index in [0.717, 1.165) is 6.42 Å². The molecule has 24 heavy (non-hydrogen) atoms. The fourth-order valence-corrected chi connectivity index (χ4v) is 4.78. The molecule has 140 valence electrons. The number of nitrogens with zero attached hydrogens (tertiary/aromatic N) is 1. The first-order valence-electron chi connectivity index (χ1n) is 7.82. The number of esters is 1. The van der Waals surface area contributed by atoms with Crippen LogP contribution in [0.5, 0.6) is 0 Å². The predicted molar refractivity (Wildman–Crippen MR) is 105 cm³/mol. The van der Waals surface area contributed by atoms with Crippen LogP contribution >= 0.6 is 34.2 Å². The summed E-state index contributed by atoms with van der Waals surface area (Å²) in [5.74, 6) is 0.500. The van der Waals surface area contributed by atoms with Crippen molar-refractivity contribution >= 4 is 40.2 Å². The number of carbonyl (C=O) groups is 1. The topological polar surface area (TPSA) is 68.5 Å². The summed E-state index contributed by atoms with van der Waals surface area (Å²) in [6.45, 7) is 5.49. The second-order valence-corrected chi connectivity index (χ2v) is 10.2. The fraction of sp³-hybridized carbons (Fsp3) is 0.875. The zero-order chi connectivity index (χ0) is 18.5. The van der Waals surface area contributed by atoms with Gasteiger partial charge in [-0.15, -0.1) is 0 Å². The minimum Gasteiger partial charge on any atom is -0.465 e. The summed E-state index contributed by atoms with van der Waals surface area (Å²) in [6.07, 6.45) is 2.23. The van der Waals surface area contributed by atoms with Crippen LogP contribution in [-0.2, 0) is 19.0 Å². The summed E-state index contributed by atoms with van der Waals surface area (Å²) in [4.78, 5) is 11.7. The maximum absolute atomic E-state index is 11.7. The molecule has 2 unspecified atom stereocenters. The molecule has 0 fully saturated rings. The van der Waals surface area contributed by atoms with E-state index in [2.05, 4.69) is 25.6 Å². The number of nitriles is 1. The first-order chi connectivity index (χ1) is 11.3. The second kappa shape index (κ2) is 13.2. The molecule has 0 aliphatic heterocycles. The molecule has 0 bridgehead atoms. The normalized spacial score (nSPS) is 16.0. The zero-order valence-corrected chi connectivity index (χ0v) is 17.5. The van der Waals surface area contributed by atoms with Crippen LogP contribution in [0.3, 0.4) is 0 Å². The Bertz CT molecular complexity index is 401. The van der Waals surface area contributed by atoms with Crippen LogP contribution in [0.4, 0.5) is 0 Å². The van der Waals surface area contributed by atoms with E-state index in [-0.39, 0.29) is 15.5 Å². The number of thiol groups is 1. The summed E-state index contributed by atoms with van der Waals surface area (Å²) >= 11 is 4.47. The Morgan fingerprint density at radius 1 is 1.21 bits per heavy atom. The van der Waals surface area contributed by atoms with Crippen molar-refractivity contribution in [1.82, 2.24) is 0 Å². The highest BCUT2D eigenvalue weighted by molar-refractivity contribution is 8.77. The number of hydrogen-bond acceptors (Lipinski definition) is 8. The minimum absolute atomic E-state index is 0.104. The molecule has 0 aliphatic rings. The van der Waals surface area contributed by atoms with Gasteiger partial charge in [0.25, 0.3) is 0 Å². The number of methoxy groups -OCH3 is 2. The Balaban J connectivity index is 3.91. The smallest absolute Gasteiger partial charge is 0.305 e. The van der Waals surface area contributed by atoms with Crippen molar-refractivity contribution in [3.63, 3.8) is 0 Å². The molecule has 2 atom stereocenters. The summed E-state index contributed by atoms with van der Waals surface area (Å²) in [5, 5.41) is 8.73. The number of hydrogen-bond donors (Lipinski definition) is 1. The van der Waals surface area contributed by atoms with Gasteiger partial charge in [-0.05, 0) is 26.7 Å². The zero-order valence-electron chi connectivity index (χ0n) is 15.0. The van der Waals surface area contributed by atoms with Gasteiger partial charge >= 0.3 is 5.97 Å². The summed E-state index contributed by atoms with van der Waals surface area (Å²) in [7, 11) is 6.61. The molecule has 0 aromatic heterocycles. The summed E-state index contributed by atoms with van der Waals surface area (Å²) < 4.78 is 15.1. The van der Waals surface area contributed by atoms with Crippen LogP contribution in [0.1, 0.15) is 39.5 Å². The van der Waals surface area contributed by atoms with E-state index in [1.54, 1.807) is 35.8 Å². The van der Waals surface area contributed by atoms with Crippen LogP contribution < -0.4 is 0 Å². The molecule has 0 aromatic carbocycles. The number of carbonyl (C=O) groups excluding carboxylic acids is 1. The molecular formula is C16H29NO4S3. The average molecular weight is 396 g/mol. The Labute approximate surface area is 159 Å². The standard InChI is InChI=1S/C16H29NO4S3/c1-15(22,12-19-3)8-6-14(18)21-10-11-23-24-16(2,13-20-4)7-5-9-17/h22H,5-8,10-13H2,1-4H3. The quantitative estimate of drug-likeness (QED) is 0.208. The van der Waals surface area contributed by atoms with Crippen molar-refractivity contribution in [2.45, 2.75) is 49.0 Å². The van der Waals surface area contributed by atoms with Gasteiger partial charge in [0.05, 0.1) is 19.3 Å². The lowest BCUT2D eigenvalue weighted by Gasteiger charge is -2.26. The maximum atomic E-state index is 11.7. The van der Waals surface area contributed by atoms with Gasteiger partial charge in [-0.2, -0.15) is 17.9 Å². The fourth-order valence-electron chi connectivity index (χ4n) is 1.96. The predicted octanol–water partition coefficient (Wildman–Crippen LogP) is 3.73. The summed E-state index contributed by atoms with van der Waals surface area (Å²) in [5.41, 5.74) is 0. The molecule has 5 nitrogen and oxygen atoms in total. The third-order valence-electron chi connectivity index (χ3n) is 3.23. The van der Waals surface area contributed by atoms with E-state index in [4.69, 9.17) is 19.5 Å². The Hall–Kier alpha value is -0.0700. The molecule has 0 radical (unpaired) electrons. The molecule has 0 saturated heterocycles. The average Bonchev–Trinajstić information content (AvgIpc) is 2.51. The third kappa shape index (κ3) is 12.3. The van der Waals surface area contributed by atoms with Crippen LogP contribution in [-0.4, -0.2) is 55.3 Å². The minimum atomic E-state index is -0.318. The monoisotopic (exact) mass is 395 g/mol. The van der Waals surface area contributed by atoms with Gasteiger partial charge in [-0.1, -0.05) is 21.6 Å². The van der Waals surface area contributed by atoms with E-state index in [9.17, 15) is 4.79 Å². The molecule has 0 N–H and O–H groups in total. The van der Waals surface area contributed by atoms with Gasteiger partial charge in [-0.3, -0.25) is 4.79 Å². The van der Waals surface area contributed by atoms with Gasteiger partial charge in [0, 0.05) is 42.3 Å². The maximum Gasteiger partial charge on any atom is 0.305 e. The van der Waals surface area contributed by atoms with Crippen molar-refractivity contribution in [2.75, 3.05) is 39.8 Å². The third-order valence-corrected chi connectivity index (χ3v) is 6.82. The van der Waals surface area contributed by atoms with Gasteiger partial charge < -0.3 is 14.2 Å². The van der Waals surface area contributed by atoms with Crippen molar-refractivity contribution in [3.05, 3.63) is 0 Å². The van der Waals surface area contributed by atoms with Gasteiger partial charge in [0.2, 0.25) is 0 Å². The van der Waals surface area contributed by atoms with Gasteiger partial charge in [0.1, 0.15) is 6.61 Å². The van der Waals surface area contributed by atoms with Crippen LogP contribution in [0.15, 0.2) is 0 Å². The molecule has 0 heterocycles. The molecule has 8 heteroatoms. The van der Waals surface area contributed by atoms with Crippen molar-refractivity contribution in [2.24, 2.45) is 0 Å². The molecule has 0 saturated carbocycles. The van der Waals surface area contributed by atoms with E-state index < -0.39 is 0 Å². The first kappa shape index (κ1) is 23.9. The van der Waals surface area contributed by atoms with Crippen molar-refractivity contribution in [3.8, 4) is 6.07 Å². The molecule has 0 aromatic rings. The first-order valence-corrected chi connectivity index (χ1v) is 10.6. The van der Waals surface area contributed by atoms with Crippen LogP contribution in [0, 0.1) is 11.3 Å². The highest BCUT2D eigenvalue weighted by Gasteiger charge is 2.25. The van der Waals surface area contributed by atoms with E-state index in [0.29, 0.717) is 44.8 Å². The Morgan fingerprint density at radius 3 is 2.46 bits per heavy atom. The highest BCUT2D eigenvalue weighted by Crippen LogP contribution is 2.39. The number of ether oxygens (including phenoxy) is 3. The van der Waals surface area contributed by atoms with E-state index >= 15 is 0 Å². The Kier molecular flexibility index (Phi) is 13.1. The second-order valence-electron chi connectivity index (χ2n) is 6.10.